The number of Topliss-reactive ketones (excluding diaryl/α,β-unsaturated/α-hetero) is 2. The van der Waals surface area contributed by atoms with Crippen LogP contribution in [0.5, 0.6) is 0 Å². The highest BCUT2D eigenvalue weighted by molar-refractivity contribution is 6.25. The van der Waals surface area contributed by atoms with Crippen LogP contribution in [0.1, 0.15) is 18.4 Å². The fraction of sp³-hybridized carbons (Fsp3) is 0.111. The van der Waals surface area contributed by atoms with Gasteiger partial charge in [0.2, 0.25) is 0 Å². The maximum Gasteiger partial charge on any atom is 0.171 e. The second kappa shape index (κ2) is 3.76. The van der Waals surface area contributed by atoms with Crippen LogP contribution in [0.3, 0.4) is 0 Å². The monoisotopic (exact) mass is 260 g/mol. The van der Waals surface area contributed by atoms with Crippen molar-refractivity contribution < 1.29 is 9.59 Å². The molecule has 0 aliphatic heterocycles. The molecule has 0 saturated heterocycles. The van der Waals surface area contributed by atoms with E-state index in [4.69, 9.17) is 0 Å². The first-order chi connectivity index (χ1) is 9.66. The molecule has 0 aromatic heterocycles. The lowest BCUT2D eigenvalue weighted by atomic mass is 9.91. The molecule has 2 heteroatoms. The number of carbonyl (C=O) groups excluding carboxylic acids is 2. The molecule has 0 radical (unpaired) electrons. The summed E-state index contributed by atoms with van der Waals surface area (Å²) in [5.74, 6) is -0.795. The van der Waals surface area contributed by atoms with Crippen molar-refractivity contribution >= 4 is 39.2 Å². The van der Waals surface area contributed by atoms with Crippen LogP contribution in [0.25, 0.3) is 27.6 Å². The maximum absolute atomic E-state index is 12.1. The highest BCUT2D eigenvalue weighted by Gasteiger charge is 2.30. The second-order valence-electron chi connectivity index (χ2n) is 5.35. The lowest BCUT2D eigenvalue weighted by Crippen LogP contribution is -2.16. The third kappa shape index (κ3) is 1.33. The van der Waals surface area contributed by atoms with Crippen LogP contribution in [-0.4, -0.2) is 11.6 Å². The van der Waals surface area contributed by atoms with Crippen LogP contribution in [0.15, 0.2) is 42.5 Å². The molecule has 0 bridgehead atoms. The van der Waals surface area contributed by atoms with Crippen molar-refractivity contribution in [1.29, 1.82) is 0 Å². The lowest BCUT2D eigenvalue weighted by molar-refractivity contribution is -0.124. The summed E-state index contributed by atoms with van der Waals surface area (Å²) in [7, 11) is 0. The Morgan fingerprint density at radius 1 is 1.05 bits per heavy atom. The molecular formula is C18H12O2. The van der Waals surface area contributed by atoms with Gasteiger partial charge in [-0.2, -0.15) is 0 Å². The number of benzene rings is 3. The summed E-state index contributed by atoms with van der Waals surface area (Å²) in [5.41, 5.74) is 0.855. The molecule has 1 atom stereocenters. The van der Waals surface area contributed by atoms with Crippen molar-refractivity contribution in [1.82, 2.24) is 0 Å². The Bertz CT molecular complexity index is 945. The van der Waals surface area contributed by atoms with Gasteiger partial charge in [0.15, 0.2) is 5.78 Å². The van der Waals surface area contributed by atoms with E-state index in [1.807, 2.05) is 30.3 Å². The van der Waals surface area contributed by atoms with E-state index in [-0.39, 0.29) is 11.6 Å². The molecule has 96 valence electrons. The average Bonchev–Trinajstić information content (AvgIpc) is 2.76. The van der Waals surface area contributed by atoms with Crippen LogP contribution >= 0.6 is 0 Å². The first kappa shape index (κ1) is 11.4. The van der Waals surface area contributed by atoms with Gasteiger partial charge in [-0.15, -0.1) is 0 Å². The Morgan fingerprint density at radius 3 is 2.50 bits per heavy atom. The summed E-state index contributed by atoms with van der Waals surface area (Å²) in [6.45, 7) is 1.49. The molecule has 0 fully saturated rings. The number of hydrogen-bond acceptors (Lipinski definition) is 2. The Kier molecular flexibility index (Phi) is 2.14. The van der Waals surface area contributed by atoms with Gasteiger partial charge in [-0.1, -0.05) is 36.4 Å². The Labute approximate surface area is 115 Å². The van der Waals surface area contributed by atoms with Crippen LogP contribution in [-0.2, 0) is 9.59 Å². The third-order valence-corrected chi connectivity index (χ3v) is 4.14. The molecule has 0 heterocycles. The van der Waals surface area contributed by atoms with Crippen LogP contribution in [0.4, 0.5) is 0 Å². The molecule has 0 amide bonds. The number of ketones is 2. The van der Waals surface area contributed by atoms with Crippen molar-refractivity contribution in [2.45, 2.75) is 12.8 Å². The lowest BCUT2D eigenvalue weighted by Gasteiger charge is -2.11. The van der Waals surface area contributed by atoms with Crippen molar-refractivity contribution in [2.24, 2.45) is 0 Å². The highest BCUT2D eigenvalue weighted by atomic mass is 16.1. The average molecular weight is 260 g/mol. The quantitative estimate of drug-likeness (QED) is 0.630. The third-order valence-electron chi connectivity index (χ3n) is 4.14. The number of rotatable bonds is 1. The summed E-state index contributed by atoms with van der Waals surface area (Å²) < 4.78 is 0. The van der Waals surface area contributed by atoms with Gasteiger partial charge in [-0.25, -0.2) is 0 Å². The topological polar surface area (TPSA) is 34.1 Å². The molecule has 4 rings (SSSR count). The number of fused-ring (bicyclic) bond motifs is 2. The minimum absolute atomic E-state index is 0.0842. The first-order valence-electron chi connectivity index (χ1n) is 6.67. The fourth-order valence-corrected chi connectivity index (χ4v) is 3.31. The van der Waals surface area contributed by atoms with Gasteiger partial charge in [-0.05, 0) is 51.4 Å². The van der Waals surface area contributed by atoms with Gasteiger partial charge in [0.1, 0.15) is 11.7 Å². The summed E-state index contributed by atoms with van der Waals surface area (Å²) in [6.07, 6.45) is 1.63. The van der Waals surface area contributed by atoms with Crippen LogP contribution in [0, 0.1) is 0 Å². The van der Waals surface area contributed by atoms with Crippen molar-refractivity contribution in [3.05, 3.63) is 53.2 Å². The number of carbonyl (C=O) groups is 2. The molecule has 1 aliphatic carbocycles. The second-order valence-corrected chi connectivity index (χ2v) is 5.35. The minimum Gasteiger partial charge on any atom is -0.299 e. The normalized spacial score (nSPS) is 17.4. The molecule has 20 heavy (non-hydrogen) atoms. The SMILES string of the molecule is CC(=O)C1C(=O)C=c2c1cc1cccc3cccc2c31. The molecule has 1 unspecified atom stereocenters. The van der Waals surface area contributed by atoms with Crippen molar-refractivity contribution in [2.75, 3.05) is 0 Å². The molecule has 3 aromatic carbocycles. The summed E-state index contributed by atoms with van der Waals surface area (Å²) in [6, 6.07) is 14.2. The Hall–Kier alpha value is -2.48. The van der Waals surface area contributed by atoms with E-state index in [9.17, 15) is 9.59 Å². The summed E-state index contributed by atoms with van der Waals surface area (Å²) in [4.78, 5) is 23.9. The van der Waals surface area contributed by atoms with E-state index in [0.717, 1.165) is 26.9 Å². The van der Waals surface area contributed by atoms with E-state index < -0.39 is 5.92 Å². The predicted molar refractivity (Wildman–Crippen MR) is 79.6 cm³/mol. The van der Waals surface area contributed by atoms with Gasteiger partial charge >= 0.3 is 0 Å². The van der Waals surface area contributed by atoms with Crippen molar-refractivity contribution in [3.8, 4) is 0 Å². The van der Waals surface area contributed by atoms with E-state index in [1.54, 1.807) is 6.08 Å². The number of hydrogen-bond donors (Lipinski definition) is 0. The Morgan fingerprint density at radius 2 is 1.75 bits per heavy atom. The zero-order chi connectivity index (χ0) is 13.9. The maximum atomic E-state index is 12.1. The zero-order valence-corrected chi connectivity index (χ0v) is 11.0. The van der Waals surface area contributed by atoms with E-state index in [2.05, 4.69) is 12.1 Å². The molecule has 0 N–H and O–H groups in total. The highest BCUT2D eigenvalue weighted by Crippen LogP contribution is 2.30. The molecule has 0 spiro atoms. The standard InChI is InChI=1S/C18H12O2/c1-10(19)17-15-8-12-6-2-4-11-5-3-7-13(18(11)12)14(15)9-16(17)20/h2-9,17H,1H3. The van der Waals surface area contributed by atoms with Gasteiger partial charge < -0.3 is 0 Å². The molecule has 2 nitrogen and oxygen atoms in total. The Balaban J connectivity index is 2.25. The summed E-state index contributed by atoms with van der Waals surface area (Å²) >= 11 is 0. The van der Waals surface area contributed by atoms with Crippen LogP contribution in [0.2, 0.25) is 0 Å². The predicted octanol–water partition coefficient (Wildman–Crippen LogP) is 2.75. The molecule has 0 saturated carbocycles. The van der Waals surface area contributed by atoms with E-state index in [1.165, 1.54) is 12.3 Å². The van der Waals surface area contributed by atoms with Crippen molar-refractivity contribution in [3.63, 3.8) is 0 Å². The van der Waals surface area contributed by atoms with Gasteiger partial charge in [-0.3, -0.25) is 9.59 Å². The van der Waals surface area contributed by atoms with E-state index >= 15 is 0 Å². The van der Waals surface area contributed by atoms with Gasteiger partial charge in [0, 0.05) is 0 Å². The summed E-state index contributed by atoms with van der Waals surface area (Å²) in [5, 5.41) is 5.40. The zero-order valence-electron chi connectivity index (χ0n) is 11.0. The molecular weight excluding hydrogens is 248 g/mol. The smallest absolute Gasteiger partial charge is 0.171 e. The van der Waals surface area contributed by atoms with Gasteiger partial charge in [0.25, 0.3) is 0 Å². The van der Waals surface area contributed by atoms with Crippen LogP contribution < -0.4 is 5.22 Å². The molecule has 1 aliphatic rings. The first-order valence-corrected chi connectivity index (χ1v) is 6.67. The molecule has 3 aromatic rings. The van der Waals surface area contributed by atoms with E-state index in [0.29, 0.717) is 0 Å². The minimum atomic E-state index is -0.617. The van der Waals surface area contributed by atoms with Gasteiger partial charge in [0.05, 0.1) is 0 Å². The largest absolute Gasteiger partial charge is 0.299 e. The fourth-order valence-electron chi connectivity index (χ4n) is 3.31.